The van der Waals surface area contributed by atoms with Crippen molar-refractivity contribution in [2.24, 2.45) is 5.41 Å². The van der Waals surface area contributed by atoms with E-state index in [-0.39, 0.29) is 19.8 Å². The number of unbranched alkanes of at least 4 members (excludes halogenated alkanes) is 3. The smallest absolute Gasteiger partial charge is 0.0575 e. The Kier molecular flexibility index (Phi) is 23.5. The standard InChI is InChI=1S/C10H15.3C4H9O.Ti/c1-7-6-10(4,5)9(3)8(7)2;3*1-2-3-4-5;/h1-5H3;3*2-4H2,1H3;/q;3*-1;+3. The van der Waals surface area contributed by atoms with Gasteiger partial charge in [-0.25, -0.2) is 0 Å². The van der Waals surface area contributed by atoms with Crippen LogP contribution in [0.5, 0.6) is 0 Å². The third-order valence-electron chi connectivity index (χ3n) is 4.56. The first-order valence-electron chi connectivity index (χ1n) is 9.99. The van der Waals surface area contributed by atoms with Gasteiger partial charge in [-0.2, -0.15) is 0 Å². The van der Waals surface area contributed by atoms with E-state index in [1.54, 1.807) is 0 Å². The molecule has 0 bridgehead atoms. The molecule has 1 aliphatic rings. The van der Waals surface area contributed by atoms with Gasteiger partial charge in [0.15, 0.2) is 0 Å². The van der Waals surface area contributed by atoms with Crippen LogP contribution in [-0.4, -0.2) is 19.8 Å². The Bertz CT molecular complexity index is 339. The zero-order chi connectivity index (χ0) is 21.2. The van der Waals surface area contributed by atoms with Gasteiger partial charge >= 0.3 is 81.1 Å². The van der Waals surface area contributed by atoms with Crippen LogP contribution in [0, 0.1) is 5.41 Å². The Hall–Kier alpha value is 0.0743. The van der Waals surface area contributed by atoms with Gasteiger partial charge in [-0.05, 0) is 0 Å². The Balaban J connectivity index is -0.000000300. The van der Waals surface area contributed by atoms with E-state index >= 15 is 0 Å². The Morgan fingerprint density at radius 2 is 1.00 bits per heavy atom. The molecule has 1 aliphatic carbocycles. The first-order chi connectivity index (χ1) is 12.1. The number of hydrogen-bond acceptors (Lipinski definition) is 3. The second-order valence-corrected chi connectivity index (χ2v) is 7.83. The van der Waals surface area contributed by atoms with E-state index < -0.39 is 0 Å². The van der Waals surface area contributed by atoms with Crippen LogP contribution in [0.15, 0.2) is 20.6 Å². The zero-order valence-electron chi connectivity index (χ0n) is 18.6. The van der Waals surface area contributed by atoms with Crippen molar-refractivity contribution in [1.82, 2.24) is 0 Å². The topological polar surface area (TPSA) is 69.2 Å². The Morgan fingerprint density at radius 1 is 0.692 bits per heavy atom. The van der Waals surface area contributed by atoms with Crippen molar-refractivity contribution >= 4 is 0 Å². The maximum atomic E-state index is 9.53. The molecule has 3 nitrogen and oxygen atoms in total. The third-order valence-corrected chi connectivity index (χ3v) is 6.12. The molecule has 152 valence electrons. The summed E-state index contributed by atoms with van der Waals surface area (Å²) in [7, 11) is 0. The van der Waals surface area contributed by atoms with Crippen molar-refractivity contribution in [2.75, 3.05) is 19.8 Å². The average molecular weight is 402 g/mol. The molecule has 26 heavy (non-hydrogen) atoms. The van der Waals surface area contributed by atoms with E-state index in [2.05, 4.69) is 55.1 Å². The average Bonchev–Trinajstić information content (AvgIpc) is 2.74. The van der Waals surface area contributed by atoms with Crippen LogP contribution >= 0.6 is 0 Å². The molecule has 0 saturated heterocycles. The van der Waals surface area contributed by atoms with Gasteiger partial charge in [0, 0.05) is 0 Å². The molecule has 0 aliphatic heterocycles. The third kappa shape index (κ3) is 14.2. The molecule has 0 fully saturated rings. The normalized spacial score (nSPS) is 14.8. The summed E-state index contributed by atoms with van der Waals surface area (Å²) in [6.45, 7) is 17.6. The fourth-order valence-electron chi connectivity index (χ4n) is 2.03. The largest absolute Gasteiger partial charge is 0.854 e. The molecular weight excluding hydrogens is 360 g/mol. The van der Waals surface area contributed by atoms with Gasteiger partial charge < -0.3 is 15.3 Å². The quantitative estimate of drug-likeness (QED) is 0.637. The van der Waals surface area contributed by atoms with Crippen molar-refractivity contribution < 1.29 is 35.8 Å². The van der Waals surface area contributed by atoms with Crippen molar-refractivity contribution in [3.63, 3.8) is 0 Å². The van der Waals surface area contributed by atoms with Crippen LogP contribution in [0.1, 0.15) is 93.9 Å². The molecule has 0 unspecified atom stereocenters. The summed E-state index contributed by atoms with van der Waals surface area (Å²) in [5.41, 5.74) is 4.83. The Morgan fingerprint density at radius 3 is 1.04 bits per heavy atom. The SMILES string of the molecule is CC1=C(C)C(C)(C)[C]([Ti+3])=C1C.CCCC[O-].CCCC[O-].CCCC[O-]. The van der Waals surface area contributed by atoms with E-state index in [1.165, 1.54) is 20.6 Å². The van der Waals surface area contributed by atoms with Crippen molar-refractivity contribution in [2.45, 2.75) is 93.9 Å². The van der Waals surface area contributed by atoms with Crippen LogP contribution in [0.2, 0.25) is 0 Å². The zero-order valence-corrected chi connectivity index (χ0v) is 20.2. The van der Waals surface area contributed by atoms with Gasteiger partial charge in [0.05, 0.1) is 0 Å². The van der Waals surface area contributed by atoms with E-state index in [0.29, 0.717) is 5.41 Å². The van der Waals surface area contributed by atoms with Gasteiger partial charge in [0.2, 0.25) is 0 Å². The molecule has 1 rings (SSSR count). The fraction of sp³-hybridized carbons (Fsp3) is 0.818. The molecule has 0 aromatic heterocycles. The maximum absolute atomic E-state index is 9.53. The van der Waals surface area contributed by atoms with Gasteiger partial charge in [-0.3, -0.25) is 0 Å². The summed E-state index contributed by atoms with van der Waals surface area (Å²) < 4.78 is 1.53. The van der Waals surface area contributed by atoms with Crippen LogP contribution < -0.4 is 15.3 Å². The summed E-state index contributed by atoms with van der Waals surface area (Å²) in [6, 6.07) is 0. The van der Waals surface area contributed by atoms with Crippen LogP contribution in [0.4, 0.5) is 0 Å². The molecule has 0 atom stereocenters. The summed E-state index contributed by atoms with van der Waals surface area (Å²) in [4.78, 5) is 0. The first kappa shape index (κ1) is 30.8. The van der Waals surface area contributed by atoms with Crippen molar-refractivity contribution in [3.05, 3.63) is 20.6 Å². The summed E-state index contributed by atoms with van der Waals surface area (Å²) >= 11 is 2.25. The molecule has 0 N–H and O–H groups in total. The predicted octanol–water partition coefficient (Wildman–Crippen LogP) is 3.62. The number of hydrogen-bond donors (Lipinski definition) is 0. The Labute approximate surface area is 175 Å². The second kappa shape index (κ2) is 19.8. The molecule has 0 aromatic rings. The maximum Gasteiger partial charge on any atom is -0.0575 e. The van der Waals surface area contributed by atoms with E-state index in [0.717, 1.165) is 38.5 Å². The molecule has 4 heteroatoms. The molecule has 0 radical (unpaired) electrons. The number of allylic oxidation sites excluding steroid dienone is 4. The predicted molar refractivity (Wildman–Crippen MR) is 104 cm³/mol. The van der Waals surface area contributed by atoms with Crippen LogP contribution in [0.3, 0.4) is 0 Å². The summed E-state index contributed by atoms with van der Waals surface area (Å²) in [5, 5.41) is 28.6. The minimum atomic E-state index is 0.0938. The first-order valence-corrected chi connectivity index (χ1v) is 10.8. The van der Waals surface area contributed by atoms with Crippen molar-refractivity contribution in [3.8, 4) is 0 Å². The van der Waals surface area contributed by atoms with E-state index in [1.807, 2.05) is 20.8 Å². The monoisotopic (exact) mass is 402 g/mol. The minimum Gasteiger partial charge on any atom is -0.854 e. The molecule has 0 saturated carbocycles. The van der Waals surface area contributed by atoms with Gasteiger partial charge in [-0.1, -0.05) is 59.3 Å². The molecule has 0 aromatic carbocycles. The van der Waals surface area contributed by atoms with Crippen molar-refractivity contribution in [1.29, 1.82) is 0 Å². The minimum absolute atomic E-state index is 0.0938. The van der Waals surface area contributed by atoms with Gasteiger partial charge in [0.25, 0.3) is 0 Å². The second-order valence-electron chi connectivity index (χ2n) is 7.05. The molecular formula is C22H42O3Ti. The van der Waals surface area contributed by atoms with Gasteiger partial charge in [-0.15, -0.1) is 19.8 Å². The van der Waals surface area contributed by atoms with Crippen LogP contribution in [0.25, 0.3) is 0 Å². The summed E-state index contributed by atoms with van der Waals surface area (Å²) in [6.07, 6.45) is 5.59. The molecule has 0 spiro atoms. The molecule has 0 amide bonds. The van der Waals surface area contributed by atoms with Gasteiger partial charge in [0.1, 0.15) is 0 Å². The van der Waals surface area contributed by atoms with E-state index in [9.17, 15) is 15.3 Å². The summed E-state index contributed by atoms with van der Waals surface area (Å²) in [5.74, 6) is 0. The van der Waals surface area contributed by atoms with E-state index in [4.69, 9.17) is 0 Å². The molecule has 0 heterocycles. The van der Waals surface area contributed by atoms with Crippen LogP contribution in [-0.2, 0) is 20.4 Å². The number of rotatable bonds is 6. The fourth-order valence-corrected chi connectivity index (χ4v) is 2.61.